The molecule has 0 saturated heterocycles. The Hall–Kier alpha value is -1.55. The summed E-state index contributed by atoms with van der Waals surface area (Å²) >= 11 is 0. The molecule has 0 aromatic heterocycles. The molecule has 0 bridgehead atoms. The number of hydrogen-bond donors (Lipinski definition) is 3. The average Bonchev–Trinajstić information content (AvgIpc) is 2.30. The van der Waals surface area contributed by atoms with E-state index in [1.807, 2.05) is 37.3 Å². The molecule has 1 rings (SSSR count). The van der Waals surface area contributed by atoms with Gasteiger partial charge >= 0.3 is 6.03 Å². The number of carbonyl (C=O) groups excluding carboxylic acids is 1. The molecule has 1 aromatic carbocycles. The molecular weight excluding hydrogens is 204 g/mol. The Bertz CT molecular complexity index is 334. The molecule has 0 aliphatic heterocycles. The van der Waals surface area contributed by atoms with Crippen LogP contribution in [0.3, 0.4) is 0 Å². The molecular formula is C12H18N2O2. The van der Waals surface area contributed by atoms with E-state index in [4.69, 9.17) is 5.11 Å². The first-order chi connectivity index (χ1) is 7.59. The summed E-state index contributed by atoms with van der Waals surface area (Å²) in [7, 11) is 0. The lowest BCUT2D eigenvalue weighted by Crippen LogP contribution is -2.50. The summed E-state index contributed by atoms with van der Waals surface area (Å²) in [6.45, 7) is 3.64. The second-order valence-corrected chi connectivity index (χ2v) is 4.02. The maximum Gasteiger partial charge on any atom is 0.319 e. The molecule has 3 N–H and O–H groups in total. The number of hydrogen-bond acceptors (Lipinski definition) is 2. The lowest BCUT2D eigenvalue weighted by atomic mass is 10.0. The molecule has 0 radical (unpaired) electrons. The van der Waals surface area contributed by atoms with Gasteiger partial charge in [0.1, 0.15) is 0 Å². The SMILES string of the molecule is CCC(C)(CO)NC(=O)Nc1ccccc1. The normalized spacial score (nSPS) is 13.9. The zero-order chi connectivity index (χ0) is 12.0. The molecule has 1 aromatic rings. The number of carbonyl (C=O) groups is 1. The van der Waals surface area contributed by atoms with E-state index in [1.165, 1.54) is 0 Å². The maximum absolute atomic E-state index is 11.6. The largest absolute Gasteiger partial charge is 0.394 e. The third-order valence-corrected chi connectivity index (χ3v) is 2.58. The van der Waals surface area contributed by atoms with Gasteiger partial charge in [-0.3, -0.25) is 0 Å². The van der Waals surface area contributed by atoms with Gasteiger partial charge in [-0.1, -0.05) is 25.1 Å². The Morgan fingerprint density at radius 1 is 1.38 bits per heavy atom. The average molecular weight is 222 g/mol. The second-order valence-electron chi connectivity index (χ2n) is 4.02. The molecule has 0 aliphatic rings. The van der Waals surface area contributed by atoms with E-state index in [-0.39, 0.29) is 12.6 Å². The fraction of sp³-hybridized carbons (Fsp3) is 0.417. The van der Waals surface area contributed by atoms with Crippen LogP contribution in [0, 0.1) is 0 Å². The number of rotatable bonds is 4. The van der Waals surface area contributed by atoms with E-state index >= 15 is 0 Å². The molecule has 1 unspecified atom stereocenters. The van der Waals surface area contributed by atoms with Crippen LogP contribution in [-0.2, 0) is 0 Å². The Morgan fingerprint density at radius 2 is 2.00 bits per heavy atom. The van der Waals surface area contributed by atoms with Gasteiger partial charge in [0.25, 0.3) is 0 Å². The molecule has 1 atom stereocenters. The lowest BCUT2D eigenvalue weighted by Gasteiger charge is -2.27. The summed E-state index contributed by atoms with van der Waals surface area (Å²) in [4.78, 5) is 11.6. The van der Waals surface area contributed by atoms with Gasteiger partial charge in [-0.05, 0) is 25.5 Å². The summed E-state index contributed by atoms with van der Waals surface area (Å²) in [6, 6.07) is 8.89. The van der Waals surface area contributed by atoms with E-state index in [0.29, 0.717) is 6.42 Å². The highest BCUT2D eigenvalue weighted by Crippen LogP contribution is 2.09. The van der Waals surface area contributed by atoms with Gasteiger partial charge in [-0.15, -0.1) is 0 Å². The zero-order valence-corrected chi connectivity index (χ0v) is 9.66. The fourth-order valence-corrected chi connectivity index (χ4v) is 1.20. The summed E-state index contributed by atoms with van der Waals surface area (Å²) < 4.78 is 0. The van der Waals surface area contributed by atoms with Crippen LogP contribution in [0.4, 0.5) is 10.5 Å². The number of aliphatic hydroxyl groups excluding tert-OH is 1. The number of nitrogens with one attached hydrogen (secondary N) is 2. The van der Waals surface area contributed by atoms with Crippen molar-refractivity contribution >= 4 is 11.7 Å². The minimum absolute atomic E-state index is 0.0777. The first-order valence-electron chi connectivity index (χ1n) is 5.35. The number of urea groups is 1. The summed E-state index contributed by atoms with van der Waals surface area (Å²) in [5.41, 5.74) is 0.162. The van der Waals surface area contributed by atoms with Crippen molar-refractivity contribution < 1.29 is 9.90 Å². The van der Waals surface area contributed by atoms with Crippen LogP contribution in [0.1, 0.15) is 20.3 Å². The van der Waals surface area contributed by atoms with Crippen molar-refractivity contribution in [2.45, 2.75) is 25.8 Å². The predicted molar refractivity (Wildman–Crippen MR) is 64.4 cm³/mol. The highest BCUT2D eigenvalue weighted by atomic mass is 16.3. The Labute approximate surface area is 95.7 Å². The summed E-state index contributed by atoms with van der Waals surface area (Å²) in [5, 5.41) is 14.6. The molecule has 2 amide bonds. The van der Waals surface area contributed by atoms with E-state index in [9.17, 15) is 4.79 Å². The number of amides is 2. The van der Waals surface area contributed by atoms with Crippen molar-refractivity contribution in [3.05, 3.63) is 30.3 Å². The molecule has 0 saturated carbocycles. The van der Waals surface area contributed by atoms with Crippen LogP contribution in [0.5, 0.6) is 0 Å². The second kappa shape index (κ2) is 5.51. The number of para-hydroxylation sites is 1. The van der Waals surface area contributed by atoms with Crippen LogP contribution in [0.2, 0.25) is 0 Å². The number of benzene rings is 1. The van der Waals surface area contributed by atoms with Crippen molar-refractivity contribution in [3.63, 3.8) is 0 Å². The predicted octanol–water partition coefficient (Wildman–Crippen LogP) is 1.97. The van der Waals surface area contributed by atoms with Crippen molar-refractivity contribution in [1.82, 2.24) is 5.32 Å². The molecule has 4 nitrogen and oxygen atoms in total. The highest BCUT2D eigenvalue weighted by molar-refractivity contribution is 5.89. The van der Waals surface area contributed by atoms with Crippen molar-refractivity contribution in [3.8, 4) is 0 Å². The molecule has 0 heterocycles. The van der Waals surface area contributed by atoms with E-state index in [0.717, 1.165) is 5.69 Å². The lowest BCUT2D eigenvalue weighted by molar-refractivity contribution is 0.172. The molecule has 0 fully saturated rings. The third kappa shape index (κ3) is 3.55. The van der Waals surface area contributed by atoms with Crippen molar-refractivity contribution in [1.29, 1.82) is 0 Å². The van der Waals surface area contributed by atoms with Crippen LogP contribution in [0.25, 0.3) is 0 Å². The van der Waals surface area contributed by atoms with Gasteiger partial charge in [0.2, 0.25) is 0 Å². The van der Waals surface area contributed by atoms with E-state index in [2.05, 4.69) is 10.6 Å². The van der Waals surface area contributed by atoms with Crippen molar-refractivity contribution in [2.75, 3.05) is 11.9 Å². The molecule has 0 aliphatic carbocycles. The topological polar surface area (TPSA) is 61.4 Å². The maximum atomic E-state index is 11.6. The van der Waals surface area contributed by atoms with Crippen LogP contribution < -0.4 is 10.6 Å². The Morgan fingerprint density at radius 3 is 2.50 bits per heavy atom. The minimum Gasteiger partial charge on any atom is -0.394 e. The van der Waals surface area contributed by atoms with Gasteiger partial charge in [-0.25, -0.2) is 4.79 Å². The van der Waals surface area contributed by atoms with Crippen LogP contribution in [0.15, 0.2) is 30.3 Å². The van der Waals surface area contributed by atoms with E-state index in [1.54, 1.807) is 6.92 Å². The Kier molecular flexibility index (Phi) is 4.31. The fourth-order valence-electron chi connectivity index (χ4n) is 1.20. The first-order valence-corrected chi connectivity index (χ1v) is 5.35. The molecule has 4 heteroatoms. The van der Waals surface area contributed by atoms with E-state index < -0.39 is 5.54 Å². The monoisotopic (exact) mass is 222 g/mol. The third-order valence-electron chi connectivity index (χ3n) is 2.58. The summed E-state index contributed by atoms with van der Waals surface area (Å²) in [6.07, 6.45) is 0.672. The zero-order valence-electron chi connectivity index (χ0n) is 9.66. The molecule has 88 valence electrons. The number of aliphatic hydroxyl groups is 1. The minimum atomic E-state index is -0.571. The van der Waals surface area contributed by atoms with Gasteiger partial charge in [-0.2, -0.15) is 0 Å². The van der Waals surface area contributed by atoms with Crippen LogP contribution >= 0.6 is 0 Å². The van der Waals surface area contributed by atoms with Crippen LogP contribution in [-0.4, -0.2) is 23.3 Å². The highest BCUT2D eigenvalue weighted by Gasteiger charge is 2.22. The van der Waals surface area contributed by atoms with Gasteiger partial charge < -0.3 is 15.7 Å². The quantitative estimate of drug-likeness (QED) is 0.729. The molecule has 16 heavy (non-hydrogen) atoms. The van der Waals surface area contributed by atoms with Gasteiger partial charge in [0, 0.05) is 5.69 Å². The first kappa shape index (κ1) is 12.5. The van der Waals surface area contributed by atoms with Gasteiger partial charge in [0.05, 0.1) is 12.1 Å². The smallest absolute Gasteiger partial charge is 0.319 e. The van der Waals surface area contributed by atoms with Crippen molar-refractivity contribution in [2.24, 2.45) is 0 Å². The summed E-state index contributed by atoms with van der Waals surface area (Å²) in [5.74, 6) is 0. The Balaban J connectivity index is 2.54. The standard InChI is InChI=1S/C12H18N2O2/c1-3-12(2,9-15)14-11(16)13-10-7-5-4-6-8-10/h4-8,15H,3,9H2,1-2H3,(H2,13,14,16). The van der Waals surface area contributed by atoms with Gasteiger partial charge in [0.15, 0.2) is 0 Å². The number of anilines is 1. The molecule has 0 spiro atoms.